The molecule has 0 saturated heterocycles. The average molecular weight is 296 g/mol. The molecule has 0 aliphatic rings. The van der Waals surface area contributed by atoms with Crippen molar-refractivity contribution in [3.8, 4) is 0 Å². The van der Waals surface area contributed by atoms with Gasteiger partial charge in [0, 0.05) is 5.56 Å². The molecule has 2 amide bonds. The molecule has 4 nitrogen and oxygen atoms in total. The molecular formula is C18H20N2O2. The van der Waals surface area contributed by atoms with Crippen molar-refractivity contribution < 1.29 is 9.59 Å². The van der Waals surface area contributed by atoms with E-state index < -0.39 is 0 Å². The van der Waals surface area contributed by atoms with Crippen LogP contribution in [-0.2, 0) is 11.2 Å². The number of hydrazine groups is 1. The fourth-order valence-corrected chi connectivity index (χ4v) is 2.05. The third-order valence-electron chi connectivity index (χ3n) is 3.57. The van der Waals surface area contributed by atoms with Crippen LogP contribution >= 0.6 is 0 Å². The lowest BCUT2D eigenvalue weighted by Gasteiger charge is -2.09. The Hall–Kier alpha value is -2.62. The second-order valence-electron chi connectivity index (χ2n) is 5.46. The van der Waals surface area contributed by atoms with Crippen molar-refractivity contribution in [3.05, 3.63) is 70.3 Å². The number of rotatable bonds is 3. The number of amides is 2. The molecule has 22 heavy (non-hydrogen) atoms. The predicted octanol–water partition coefficient (Wildman–Crippen LogP) is 2.62. The molecule has 0 bridgehead atoms. The van der Waals surface area contributed by atoms with Gasteiger partial charge in [0.1, 0.15) is 0 Å². The van der Waals surface area contributed by atoms with E-state index in [0.717, 1.165) is 16.7 Å². The van der Waals surface area contributed by atoms with Gasteiger partial charge in [0.15, 0.2) is 0 Å². The lowest BCUT2D eigenvalue weighted by molar-refractivity contribution is -0.121. The highest BCUT2D eigenvalue weighted by Crippen LogP contribution is 2.10. The maximum absolute atomic E-state index is 11.9. The third-order valence-corrected chi connectivity index (χ3v) is 3.57. The van der Waals surface area contributed by atoms with Crippen LogP contribution in [0.3, 0.4) is 0 Å². The van der Waals surface area contributed by atoms with Crippen molar-refractivity contribution in [1.29, 1.82) is 0 Å². The van der Waals surface area contributed by atoms with Crippen molar-refractivity contribution in [3.63, 3.8) is 0 Å². The lowest BCUT2D eigenvalue weighted by atomic mass is 10.0. The molecule has 114 valence electrons. The maximum atomic E-state index is 11.9. The summed E-state index contributed by atoms with van der Waals surface area (Å²) in [5, 5.41) is 0. The van der Waals surface area contributed by atoms with Crippen molar-refractivity contribution in [2.75, 3.05) is 0 Å². The summed E-state index contributed by atoms with van der Waals surface area (Å²) in [6.07, 6.45) is 0.231. The summed E-state index contributed by atoms with van der Waals surface area (Å²) in [5.74, 6) is -0.572. The SMILES string of the molecule is Cc1ccc(C(=O)NNC(=O)Cc2ccc(C)c(C)c2)cc1. The predicted molar refractivity (Wildman–Crippen MR) is 86.4 cm³/mol. The van der Waals surface area contributed by atoms with E-state index in [4.69, 9.17) is 0 Å². The van der Waals surface area contributed by atoms with Crippen LogP contribution in [0.2, 0.25) is 0 Å². The van der Waals surface area contributed by atoms with Gasteiger partial charge >= 0.3 is 0 Å². The van der Waals surface area contributed by atoms with Gasteiger partial charge in [-0.15, -0.1) is 0 Å². The summed E-state index contributed by atoms with van der Waals surface area (Å²) in [7, 11) is 0. The molecule has 4 heteroatoms. The molecule has 0 fully saturated rings. The number of carbonyl (C=O) groups is 2. The molecule has 2 N–H and O–H groups in total. The lowest BCUT2D eigenvalue weighted by Crippen LogP contribution is -2.42. The highest BCUT2D eigenvalue weighted by Gasteiger charge is 2.08. The Bertz CT molecular complexity index is 691. The fraction of sp³-hybridized carbons (Fsp3) is 0.222. The molecule has 0 aliphatic carbocycles. The summed E-state index contributed by atoms with van der Waals surface area (Å²) >= 11 is 0. The quantitative estimate of drug-likeness (QED) is 0.855. The number of aryl methyl sites for hydroxylation is 3. The molecule has 0 saturated carbocycles. The first kappa shape index (κ1) is 15.8. The van der Waals surface area contributed by atoms with E-state index in [1.807, 2.05) is 51.1 Å². The Kier molecular flexibility index (Phi) is 4.94. The normalized spacial score (nSPS) is 10.1. The second kappa shape index (κ2) is 6.89. The van der Waals surface area contributed by atoms with E-state index in [1.165, 1.54) is 5.56 Å². The highest BCUT2D eigenvalue weighted by atomic mass is 16.2. The first-order valence-corrected chi connectivity index (χ1v) is 7.17. The van der Waals surface area contributed by atoms with Crippen LogP contribution in [0, 0.1) is 20.8 Å². The molecule has 2 rings (SSSR count). The molecule has 0 aliphatic heterocycles. The molecule has 0 atom stereocenters. The molecule has 0 unspecified atom stereocenters. The van der Waals surface area contributed by atoms with Gasteiger partial charge in [-0.2, -0.15) is 0 Å². The Labute approximate surface area is 130 Å². The third kappa shape index (κ3) is 4.19. The zero-order chi connectivity index (χ0) is 16.1. The van der Waals surface area contributed by atoms with Crippen molar-refractivity contribution in [2.24, 2.45) is 0 Å². The zero-order valence-corrected chi connectivity index (χ0v) is 13.1. The summed E-state index contributed by atoms with van der Waals surface area (Å²) < 4.78 is 0. The van der Waals surface area contributed by atoms with Crippen molar-refractivity contribution in [2.45, 2.75) is 27.2 Å². The molecule has 0 aromatic heterocycles. The number of hydrogen-bond donors (Lipinski definition) is 2. The van der Waals surface area contributed by atoms with Gasteiger partial charge in [-0.25, -0.2) is 0 Å². The minimum Gasteiger partial charge on any atom is -0.273 e. The topological polar surface area (TPSA) is 58.2 Å². The van der Waals surface area contributed by atoms with E-state index in [9.17, 15) is 9.59 Å². The van der Waals surface area contributed by atoms with E-state index in [0.29, 0.717) is 5.56 Å². The maximum Gasteiger partial charge on any atom is 0.269 e. The van der Waals surface area contributed by atoms with Crippen LogP contribution in [0.4, 0.5) is 0 Å². The van der Waals surface area contributed by atoms with Crippen molar-refractivity contribution >= 4 is 11.8 Å². The van der Waals surface area contributed by atoms with Gasteiger partial charge in [-0.1, -0.05) is 35.9 Å². The first-order chi connectivity index (χ1) is 10.5. The van der Waals surface area contributed by atoms with E-state index in [1.54, 1.807) is 12.1 Å². The van der Waals surface area contributed by atoms with E-state index in [2.05, 4.69) is 10.9 Å². The van der Waals surface area contributed by atoms with Gasteiger partial charge in [0.2, 0.25) is 5.91 Å². The molecule has 0 spiro atoms. The van der Waals surface area contributed by atoms with Gasteiger partial charge in [-0.3, -0.25) is 20.4 Å². The van der Waals surface area contributed by atoms with Gasteiger partial charge in [0.25, 0.3) is 5.91 Å². The molecule has 0 radical (unpaired) electrons. The van der Waals surface area contributed by atoms with Crippen LogP contribution in [0.5, 0.6) is 0 Å². The monoisotopic (exact) mass is 296 g/mol. The standard InChI is InChI=1S/C18H20N2O2/c1-12-4-8-16(9-5-12)18(22)20-19-17(21)11-15-7-6-13(2)14(3)10-15/h4-10H,11H2,1-3H3,(H,19,21)(H,20,22). The van der Waals surface area contributed by atoms with Crippen LogP contribution in [0.25, 0.3) is 0 Å². The minimum absolute atomic E-state index is 0.231. The minimum atomic E-state index is -0.326. The fourth-order valence-electron chi connectivity index (χ4n) is 2.05. The summed E-state index contributed by atoms with van der Waals surface area (Å²) in [4.78, 5) is 23.8. The number of nitrogens with one attached hydrogen (secondary N) is 2. The Morgan fingerprint density at radius 3 is 2.18 bits per heavy atom. The van der Waals surface area contributed by atoms with Crippen LogP contribution in [0.1, 0.15) is 32.6 Å². The largest absolute Gasteiger partial charge is 0.273 e. The number of carbonyl (C=O) groups excluding carboxylic acids is 2. The molecular weight excluding hydrogens is 276 g/mol. The Balaban J connectivity index is 1.88. The van der Waals surface area contributed by atoms with E-state index >= 15 is 0 Å². The molecule has 2 aromatic rings. The van der Waals surface area contributed by atoms with Crippen LogP contribution in [0.15, 0.2) is 42.5 Å². The van der Waals surface area contributed by atoms with Gasteiger partial charge < -0.3 is 0 Å². The summed E-state index contributed by atoms with van der Waals surface area (Å²) in [6, 6.07) is 13.0. The number of hydrogen-bond acceptors (Lipinski definition) is 2. The molecule has 2 aromatic carbocycles. The highest BCUT2D eigenvalue weighted by molar-refractivity contribution is 5.95. The summed E-state index contributed by atoms with van der Waals surface area (Å²) in [6.45, 7) is 5.99. The first-order valence-electron chi connectivity index (χ1n) is 7.17. The molecule has 0 heterocycles. The van der Waals surface area contributed by atoms with Crippen LogP contribution in [-0.4, -0.2) is 11.8 Å². The van der Waals surface area contributed by atoms with Gasteiger partial charge in [0.05, 0.1) is 6.42 Å². The Morgan fingerprint density at radius 2 is 1.55 bits per heavy atom. The van der Waals surface area contributed by atoms with Crippen molar-refractivity contribution in [1.82, 2.24) is 10.9 Å². The zero-order valence-electron chi connectivity index (χ0n) is 13.1. The average Bonchev–Trinajstić information content (AvgIpc) is 2.49. The summed E-state index contributed by atoms with van der Waals surface area (Å²) in [5.41, 5.74) is 9.72. The van der Waals surface area contributed by atoms with Gasteiger partial charge in [-0.05, 0) is 49.6 Å². The smallest absolute Gasteiger partial charge is 0.269 e. The second-order valence-corrected chi connectivity index (χ2v) is 5.46. The Morgan fingerprint density at radius 1 is 0.864 bits per heavy atom. The number of benzene rings is 2. The van der Waals surface area contributed by atoms with Crippen LogP contribution < -0.4 is 10.9 Å². The van der Waals surface area contributed by atoms with E-state index in [-0.39, 0.29) is 18.2 Å².